The summed E-state index contributed by atoms with van der Waals surface area (Å²) in [4.78, 5) is 50.9. The van der Waals surface area contributed by atoms with Crippen molar-refractivity contribution in [1.82, 2.24) is 5.01 Å². The van der Waals surface area contributed by atoms with E-state index in [4.69, 9.17) is 16.3 Å². The zero-order valence-corrected chi connectivity index (χ0v) is 18.0. The summed E-state index contributed by atoms with van der Waals surface area (Å²) >= 11 is 5.77. The van der Waals surface area contributed by atoms with E-state index >= 15 is 0 Å². The highest BCUT2D eigenvalue weighted by Gasteiger charge is 2.55. The minimum atomic E-state index is -1.12. The lowest BCUT2D eigenvalue weighted by atomic mass is 10.1. The highest BCUT2D eigenvalue weighted by Crippen LogP contribution is 2.33. The van der Waals surface area contributed by atoms with E-state index in [0.29, 0.717) is 5.69 Å². The van der Waals surface area contributed by atoms with Gasteiger partial charge in [0.05, 0.1) is 22.9 Å². The number of fused-ring (bicyclic) bond motifs is 1. The van der Waals surface area contributed by atoms with Crippen LogP contribution in [-0.2, 0) is 19.1 Å². The second kappa shape index (κ2) is 8.94. The van der Waals surface area contributed by atoms with Crippen molar-refractivity contribution >= 4 is 46.7 Å². The highest BCUT2D eigenvalue weighted by atomic mass is 35.5. The van der Waals surface area contributed by atoms with Crippen LogP contribution in [0.15, 0.2) is 52.8 Å². The van der Waals surface area contributed by atoms with Crippen LogP contribution in [-0.4, -0.2) is 53.9 Å². The molecule has 2 aliphatic heterocycles. The number of anilines is 2. The summed E-state index contributed by atoms with van der Waals surface area (Å²) in [5.41, 5.74) is 0.705. The van der Waals surface area contributed by atoms with Crippen LogP contribution in [0.1, 0.15) is 17.3 Å². The van der Waals surface area contributed by atoms with Crippen LogP contribution in [0.2, 0.25) is 5.02 Å². The summed E-state index contributed by atoms with van der Waals surface area (Å²) in [6, 6.07) is 7.39. The zero-order chi connectivity index (χ0) is 23.7. The van der Waals surface area contributed by atoms with Gasteiger partial charge in [-0.15, -0.1) is 0 Å². The van der Waals surface area contributed by atoms with Crippen molar-refractivity contribution in [1.29, 1.82) is 0 Å². The Morgan fingerprint density at radius 2 is 1.97 bits per heavy atom. The van der Waals surface area contributed by atoms with Gasteiger partial charge in [-0.1, -0.05) is 22.9 Å². The SMILES string of the molecule is CCOC(=O)c1cccc(NC(=O)CN2N=N[C@H]3C(=O)N(c4ccc(F)c(Cl)c4)C(=O)[C@@H]32)c1. The van der Waals surface area contributed by atoms with Gasteiger partial charge in [-0.3, -0.25) is 19.4 Å². The lowest BCUT2D eigenvalue weighted by Crippen LogP contribution is -2.43. The zero-order valence-electron chi connectivity index (χ0n) is 17.2. The first-order valence-corrected chi connectivity index (χ1v) is 10.2. The summed E-state index contributed by atoms with van der Waals surface area (Å²) < 4.78 is 18.4. The molecule has 0 spiro atoms. The third-order valence-corrected chi connectivity index (χ3v) is 5.27. The number of carbonyl (C=O) groups excluding carboxylic acids is 4. The fourth-order valence-corrected chi connectivity index (χ4v) is 3.69. The Balaban J connectivity index is 1.46. The molecule has 2 aromatic rings. The second-order valence-corrected chi connectivity index (χ2v) is 7.56. The first-order valence-electron chi connectivity index (χ1n) is 9.87. The van der Waals surface area contributed by atoms with E-state index in [0.717, 1.165) is 16.0 Å². The molecule has 1 N–H and O–H groups in total. The van der Waals surface area contributed by atoms with Crippen LogP contribution >= 0.6 is 11.6 Å². The molecule has 170 valence electrons. The third kappa shape index (κ3) is 4.27. The number of hydrogen-bond acceptors (Lipinski definition) is 8. The Kier molecular flexibility index (Phi) is 6.05. The molecule has 10 nitrogen and oxygen atoms in total. The van der Waals surface area contributed by atoms with Crippen molar-refractivity contribution in [2.75, 3.05) is 23.4 Å². The molecule has 3 amide bonds. The molecule has 0 aromatic heterocycles. The maximum absolute atomic E-state index is 13.5. The normalized spacial score (nSPS) is 19.1. The maximum atomic E-state index is 13.5. The fourth-order valence-electron chi connectivity index (χ4n) is 3.52. The molecule has 0 saturated carbocycles. The van der Waals surface area contributed by atoms with Gasteiger partial charge in [0.15, 0.2) is 12.1 Å². The van der Waals surface area contributed by atoms with Gasteiger partial charge in [-0.25, -0.2) is 14.1 Å². The average Bonchev–Trinajstić information content (AvgIpc) is 3.30. The van der Waals surface area contributed by atoms with Gasteiger partial charge < -0.3 is 10.1 Å². The van der Waals surface area contributed by atoms with Crippen molar-refractivity contribution in [2.24, 2.45) is 10.3 Å². The summed E-state index contributed by atoms with van der Waals surface area (Å²) in [7, 11) is 0. The van der Waals surface area contributed by atoms with Crippen molar-refractivity contribution in [3.8, 4) is 0 Å². The van der Waals surface area contributed by atoms with Crippen LogP contribution in [0.25, 0.3) is 0 Å². The summed E-state index contributed by atoms with van der Waals surface area (Å²) in [6.45, 7) is 1.53. The molecule has 0 radical (unpaired) electrons. The Hall–Kier alpha value is -3.86. The average molecular weight is 474 g/mol. The van der Waals surface area contributed by atoms with E-state index in [2.05, 4.69) is 15.7 Å². The number of nitrogens with one attached hydrogen (secondary N) is 1. The number of imide groups is 1. The van der Waals surface area contributed by atoms with Gasteiger partial charge in [0.2, 0.25) is 5.91 Å². The van der Waals surface area contributed by atoms with Gasteiger partial charge in [-0.05, 0) is 43.3 Å². The molecule has 2 aromatic carbocycles. The van der Waals surface area contributed by atoms with E-state index in [9.17, 15) is 23.6 Å². The standard InChI is InChI=1S/C21H17ClFN5O5/c1-2-33-21(32)11-4-3-5-12(8-11)24-16(29)10-27-18-17(25-26-27)19(30)28(20(18)31)13-6-7-15(23)14(22)9-13/h3-9,17-18H,2,10H2,1H3,(H,24,29)/t17-,18-/m1/s1. The molecule has 2 heterocycles. The van der Waals surface area contributed by atoms with Crippen LogP contribution < -0.4 is 10.2 Å². The second-order valence-electron chi connectivity index (χ2n) is 7.15. The Labute approximate surface area is 191 Å². The number of halogens is 2. The van der Waals surface area contributed by atoms with Crippen molar-refractivity contribution in [2.45, 2.75) is 19.0 Å². The smallest absolute Gasteiger partial charge is 0.338 e. The van der Waals surface area contributed by atoms with Crippen LogP contribution in [0.4, 0.5) is 15.8 Å². The van der Waals surface area contributed by atoms with Crippen molar-refractivity contribution < 1.29 is 28.3 Å². The molecular formula is C21H17ClFN5O5. The third-order valence-electron chi connectivity index (χ3n) is 4.98. The monoisotopic (exact) mass is 473 g/mol. The lowest BCUT2D eigenvalue weighted by Gasteiger charge is -2.20. The Morgan fingerprint density at radius 3 is 2.70 bits per heavy atom. The topological polar surface area (TPSA) is 121 Å². The number of esters is 1. The number of carbonyl (C=O) groups is 4. The number of rotatable bonds is 6. The van der Waals surface area contributed by atoms with Gasteiger partial charge in [0, 0.05) is 5.69 Å². The van der Waals surface area contributed by atoms with E-state index in [1.807, 2.05) is 0 Å². The van der Waals surface area contributed by atoms with E-state index in [-0.39, 0.29) is 29.4 Å². The Bertz CT molecular complexity index is 1190. The molecule has 0 bridgehead atoms. The molecule has 0 unspecified atom stereocenters. The first kappa shape index (κ1) is 22.3. The van der Waals surface area contributed by atoms with Gasteiger partial charge in [0.25, 0.3) is 11.8 Å². The number of ether oxygens (including phenoxy) is 1. The summed E-state index contributed by atoms with van der Waals surface area (Å²) in [5.74, 6) is -3.07. The first-order chi connectivity index (χ1) is 15.8. The maximum Gasteiger partial charge on any atom is 0.338 e. The molecule has 0 aliphatic carbocycles. The predicted molar refractivity (Wildman–Crippen MR) is 114 cm³/mol. The van der Waals surface area contributed by atoms with E-state index < -0.39 is 41.6 Å². The highest BCUT2D eigenvalue weighted by molar-refractivity contribution is 6.32. The Morgan fingerprint density at radius 1 is 1.18 bits per heavy atom. The molecule has 1 saturated heterocycles. The molecule has 1 fully saturated rings. The number of amides is 3. The van der Waals surface area contributed by atoms with Crippen LogP contribution in [0.3, 0.4) is 0 Å². The molecule has 2 atom stereocenters. The molecule has 4 rings (SSSR count). The van der Waals surface area contributed by atoms with Gasteiger partial charge in [0.1, 0.15) is 12.4 Å². The summed E-state index contributed by atoms with van der Waals surface area (Å²) in [5, 5.41) is 11.1. The lowest BCUT2D eigenvalue weighted by molar-refractivity contribution is -0.123. The molecule has 12 heteroatoms. The molecular weight excluding hydrogens is 457 g/mol. The predicted octanol–water partition coefficient (Wildman–Crippen LogP) is 2.59. The molecule has 33 heavy (non-hydrogen) atoms. The molecule has 2 aliphatic rings. The summed E-state index contributed by atoms with van der Waals surface area (Å²) in [6.07, 6.45) is 0. The van der Waals surface area contributed by atoms with Crippen molar-refractivity contribution in [3.63, 3.8) is 0 Å². The van der Waals surface area contributed by atoms with Crippen LogP contribution in [0, 0.1) is 5.82 Å². The van der Waals surface area contributed by atoms with E-state index in [1.54, 1.807) is 25.1 Å². The minimum Gasteiger partial charge on any atom is -0.462 e. The number of hydrogen-bond donors (Lipinski definition) is 1. The van der Waals surface area contributed by atoms with Crippen molar-refractivity contribution in [3.05, 3.63) is 58.9 Å². The quantitative estimate of drug-likeness (QED) is 0.508. The minimum absolute atomic E-state index is 0.0983. The van der Waals surface area contributed by atoms with Crippen LogP contribution in [0.5, 0.6) is 0 Å². The number of benzene rings is 2. The van der Waals surface area contributed by atoms with Gasteiger partial charge >= 0.3 is 5.97 Å². The number of nitrogens with zero attached hydrogens (tertiary/aromatic N) is 4. The fraction of sp³-hybridized carbons (Fsp3) is 0.238. The van der Waals surface area contributed by atoms with E-state index in [1.165, 1.54) is 18.2 Å². The van der Waals surface area contributed by atoms with Gasteiger partial charge in [-0.2, -0.15) is 5.11 Å². The largest absolute Gasteiger partial charge is 0.462 e.